The average molecular weight is 284 g/mol. The zero-order valence-corrected chi connectivity index (χ0v) is 11.6. The van der Waals surface area contributed by atoms with Crippen molar-refractivity contribution >= 4 is 28.5 Å². The number of anilines is 1. The zero-order chi connectivity index (χ0) is 14.4. The summed E-state index contributed by atoms with van der Waals surface area (Å²) in [6.07, 6.45) is 6.21. The molecule has 1 atom stereocenters. The van der Waals surface area contributed by atoms with E-state index in [0.717, 1.165) is 30.3 Å². The number of rotatable bonds is 1. The summed E-state index contributed by atoms with van der Waals surface area (Å²) < 4.78 is 0. The Labute approximate surface area is 121 Å². The number of piperidine rings is 1. The number of H-pyrrole nitrogens is 1. The van der Waals surface area contributed by atoms with E-state index in [1.807, 2.05) is 12.1 Å². The van der Waals surface area contributed by atoms with E-state index in [1.165, 1.54) is 0 Å². The first-order valence-electron chi connectivity index (χ1n) is 7.28. The average Bonchev–Trinajstić information content (AvgIpc) is 2.95. The lowest BCUT2D eigenvalue weighted by Crippen LogP contribution is -2.61. The Hall–Kier alpha value is -2.37. The minimum absolute atomic E-state index is 0.0147. The second-order valence-corrected chi connectivity index (χ2v) is 5.60. The molecule has 0 spiro atoms. The summed E-state index contributed by atoms with van der Waals surface area (Å²) in [6, 6.07) is 3.46. The van der Waals surface area contributed by atoms with Crippen molar-refractivity contribution in [2.45, 2.75) is 25.3 Å². The predicted molar refractivity (Wildman–Crippen MR) is 77.8 cm³/mol. The fourth-order valence-corrected chi connectivity index (χ4v) is 3.32. The number of piperazine rings is 1. The van der Waals surface area contributed by atoms with Gasteiger partial charge in [0.25, 0.3) is 0 Å². The van der Waals surface area contributed by atoms with Crippen LogP contribution in [-0.2, 0) is 9.59 Å². The molecular weight excluding hydrogens is 268 g/mol. The first-order valence-corrected chi connectivity index (χ1v) is 7.28. The molecule has 0 aromatic carbocycles. The van der Waals surface area contributed by atoms with Gasteiger partial charge in [-0.3, -0.25) is 19.5 Å². The third-order valence-electron chi connectivity index (χ3n) is 4.37. The predicted octanol–water partition coefficient (Wildman–Crippen LogP) is 1.29. The third-order valence-corrected chi connectivity index (χ3v) is 4.37. The Morgan fingerprint density at radius 2 is 2.19 bits per heavy atom. The quantitative estimate of drug-likeness (QED) is 0.858. The van der Waals surface area contributed by atoms with Crippen molar-refractivity contribution in [2.75, 3.05) is 18.0 Å². The van der Waals surface area contributed by atoms with Crippen LogP contribution in [0.5, 0.6) is 0 Å². The number of nitrogens with one attached hydrogen (secondary N) is 1. The summed E-state index contributed by atoms with van der Waals surface area (Å²) in [4.78, 5) is 35.8. The number of hydrogen-bond donors (Lipinski definition) is 1. The van der Waals surface area contributed by atoms with Crippen LogP contribution in [0, 0.1) is 0 Å². The summed E-state index contributed by atoms with van der Waals surface area (Å²) in [5.41, 5.74) is 2.32. The summed E-state index contributed by atoms with van der Waals surface area (Å²) in [6.45, 7) is 0.814. The van der Waals surface area contributed by atoms with Gasteiger partial charge in [-0.2, -0.15) is 0 Å². The highest BCUT2D eigenvalue weighted by molar-refractivity contribution is 6.10. The van der Waals surface area contributed by atoms with Gasteiger partial charge in [0.05, 0.1) is 11.2 Å². The maximum atomic E-state index is 12.7. The van der Waals surface area contributed by atoms with Gasteiger partial charge >= 0.3 is 0 Å². The van der Waals surface area contributed by atoms with Crippen LogP contribution in [0.1, 0.15) is 19.3 Å². The Balaban J connectivity index is 1.75. The van der Waals surface area contributed by atoms with Gasteiger partial charge in [-0.1, -0.05) is 0 Å². The van der Waals surface area contributed by atoms with Gasteiger partial charge in [0, 0.05) is 18.9 Å². The van der Waals surface area contributed by atoms with E-state index < -0.39 is 0 Å². The van der Waals surface area contributed by atoms with E-state index in [2.05, 4.69) is 9.97 Å². The van der Waals surface area contributed by atoms with Crippen LogP contribution in [-0.4, -0.2) is 45.8 Å². The molecule has 0 aliphatic carbocycles. The Kier molecular flexibility index (Phi) is 2.70. The number of carbonyl (C=O) groups is 2. The van der Waals surface area contributed by atoms with Crippen LogP contribution in [0.3, 0.4) is 0 Å². The normalized spacial score (nSPS) is 22.8. The van der Waals surface area contributed by atoms with Crippen LogP contribution in [0.2, 0.25) is 0 Å². The van der Waals surface area contributed by atoms with E-state index >= 15 is 0 Å². The Bertz CT molecular complexity index is 723. The van der Waals surface area contributed by atoms with Crippen molar-refractivity contribution in [1.82, 2.24) is 14.9 Å². The molecule has 2 aromatic rings. The molecule has 6 heteroatoms. The Morgan fingerprint density at radius 3 is 3.10 bits per heavy atom. The lowest BCUT2D eigenvalue weighted by Gasteiger charge is -2.42. The maximum Gasteiger partial charge on any atom is 0.250 e. The molecule has 2 aromatic heterocycles. The molecular formula is C15H16N4O2. The van der Waals surface area contributed by atoms with Gasteiger partial charge in [0.1, 0.15) is 18.1 Å². The van der Waals surface area contributed by atoms with E-state index in [4.69, 9.17) is 0 Å². The van der Waals surface area contributed by atoms with E-state index in [-0.39, 0.29) is 24.4 Å². The van der Waals surface area contributed by atoms with Crippen LogP contribution >= 0.6 is 0 Å². The summed E-state index contributed by atoms with van der Waals surface area (Å²) >= 11 is 0. The second-order valence-electron chi connectivity index (χ2n) is 5.60. The molecule has 108 valence electrons. The summed E-state index contributed by atoms with van der Waals surface area (Å²) in [7, 11) is 0. The van der Waals surface area contributed by atoms with Crippen molar-refractivity contribution in [3.05, 3.63) is 24.5 Å². The molecule has 0 bridgehead atoms. The number of pyridine rings is 1. The molecule has 1 unspecified atom stereocenters. The number of fused-ring (bicyclic) bond motifs is 2. The highest BCUT2D eigenvalue weighted by Gasteiger charge is 2.41. The molecule has 2 fully saturated rings. The van der Waals surface area contributed by atoms with Gasteiger partial charge in [-0.05, 0) is 31.4 Å². The molecule has 1 N–H and O–H groups in total. The van der Waals surface area contributed by atoms with Crippen LogP contribution in [0.15, 0.2) is 24.5 Å². The molecule has 21 heavy (non-hydrogen) atoms. The van der Waals surface area contributed by atoms with Gasteiger partial charge in [-0.15, -0.1) is 0 Å². The van der Waals surface area contributed by atoms with Gasteiger partial charge < -0.3 is 9.88 Å². The molecule has 4 rings (SSSR count). The minimum atomic E-state index is -0.298. The SMILES string of the molecule is O=C1C2CCCCN2C(=O)CN1c1c[nH]c2cccnc12. The fraction of sp³-hybridized carbons (Fsp3) is 0.400. The lowest BCUT2D eigenvalue weighted by atomic mass is 9.98. The van der Waals surface area contributed by atoms with Gasteiger partial charge in [-0.25, -0.2) is 0 Å². The maximum absolute atomic E-state index is 12.7. The molecule has 2 aliphatic rings. The number of nitrogens with zero attached hydrogens (tertiary/aromatic N) is 3. The molecule has 0 saturated carbocycles. The monoisotopic (exact) mass is 284 g/mol. The lowest BCUT2D eigenvalue weighted by molar-refractivity contribution is -0.144. The van der Waals surface area contributed by atoms with Crippen molar-refractivity contribution < 1.29 is 9.59 Å². The molecule has 6 nitrogen and oxygen atoms in total. The molecule has 0 radical (unpaired) electrons. The molecule has 2 amide bonds. The van der Waals surface area contributed by atoms with Crippen LogP contribution in [0.4, 0.5) is 5.69 Å². The first kappa shape index (κ1) is 12.4. The highest BCUT2D eigenvalue weighted by Crippen LogP contribution is 2.30. The van der Waals surface area contributed by atoms with Crippen molar-refractivity contribution in [3.63, 3.8) is 0 Å². The summed E-state index contributed by atoms with van der Waals surface area (Å²) in [5, 5.41) is 0. The van der Waals surface area contributed by atoms with Gasteiger partial charge in [0.15, 0.2) is 0 Å². The van der Waals surface area contributed by atoms with Crippen LogP contribution in [0.25, 0.3) is 11.0 Å². The molecule has 4 heterocycles. The fourth-order valence-electron chi connectivity index (χ4n) is 3.32. The second kappa shape index (κ2) is 4.58. The smallest absolute Gasteiger partial charge is 0.250 e. The van der Waals surface area contributed by atoms with Gasteiger partial charge in [0.2, 0.25) is 11.8 Å². The van der Waals surface area contributed by atoms with Crippen molar-refractivity contribution in [2.24, 2.45) is 0 Å². The number of amides is 2. The number of carbonyl (C=O) groups excluding carboxylic acids is 2. The number of aromatic nitrogens is 2. The Morgan fingerprint density at radius 1 is 1.29 bits per heavy atom. The number of aromatic amines is 1. The minimum Gasteiger partial charge on any atom is -0.358 e. The van der Waals surface area contributed by atoms with E-state index in [0.29, 0.717) is 12.2 Å². The standard InChI is InChI=1S/C15H16N4O2/c20-13-9-19(15(21)11-5-1-2-7-18(11)13)12-8-17-10-4-3-6-16-14(10)12/h3-4,6,8,11,17H,1-2,5,7,9H2. The largest absolute Gasteiger partial charge is 0.358 e. The van der Waals surface area contributed by atoms with E-state index in [1.54, 1.807) is 22.2 Å². The topological polar surface area (TPSA) is 69.3 Å². The van der Waals surface area contributed by atoms with Crippen molar-refractivity contribution in [3.8, 4) is 0 Å². The molecule has 2 saturated heterocycles. The summed E-state index contributed by atoms with van der Waals surface area (Å²) in [5.74, 6) is 0.0467. The highest BCUT2D eigenvalue weighted by atomic mass is 16.2. The van der Waals surface area contributed by atoms with Crippen LogP contribution < -0.4 is 4.90 Å². The zero-order valence-electron chi connectivity index (χ0n) is 11.6. The number of hydrogen-bond acceptors (Lipinski definition) is 3. The third kappa shape index (κ3) is 1.82. The van der Waals surface area contributed by atoms with Crippen molar-refractivity contribution in [1.29, 1.82) is 0 Å². The van der Waals surface area contributed by atoms with E-state index in [9.17, 15) is 9.59 Å². The first-order chi connectivity index (χ1) is 10.3. The molecule has 2 aliphatic heterocycles.